The first-order valence-electron chi connectivity index (χ1n) is 7.27. The fourth-order valence-electron chi connectivity index (χ4n) is 1.83. The molecule has 0 atom stereocenters. The van der Waals surface area contributed by atoms with E-state index < -0.39 is 0 Å². The van der Waals surface area contributed by atoms with E-state index in [1.807, 2.05) is 61.7 Å². The molecule has 0 aliphatic rings. The lowest BCUT2D eigenvalue weighted by Gasteiger charge is -2.06. The van der Waals surface area contributed by atoms with Crippen LogP contribution in [-0.4, -0.2) is 17.9 Å². The van der Waals surface area contributed by atoms with Crippen molar-refractivity contribution in [2.45, 2.75) is 13.5 Å². The molecule has 2 aromatic rings. The summed E-state index contributed by atoms with van der Waals surface area (Å²) in [5.74, 6) is 0.817. The molecular formula is C17H19BrN3OS+. The van der Waals surface area contributed by atoms with Crippen LogP contribution in [0.1, 0.15) is 18.1 Å². The number of hydrazine groups is 1. The molecule has 6 heteroatoms. The molecule has 0 unspecified atom stereocenters. The van der Waals surface area contributed by atoms with Gasteiger partial charge in [-0.05, 0) is 55.0 Å². The molecule has 0 bridgehead atoms. The molecule has 2 rings (SSSR count). The van der Waals surface area contributed by atoms with Crippen LogP contribution in [0.4, 0.5) is 0 Å². The summed E-state index contributed by atoms with van der Waals surface area (Å²) in [5, 5.41) is 6.51. The van der Waals surface area contributed by atoms with Crippen molar-refractivity contribution in [3.8, 4) is 5.75 Å². The maximum absolute atomic E-state index is 5.82. The molecule has 4 nitrogen and oxygen atoms in total. The largest absolute Gasteiger partial charge is 0.489 e. The van der Waals surface area contributed by atoms with E-state index in [9.17, 15) is 0 Å². The highest BCUT2D eigenvalue weighted by molar-refractivity contribution is 9.10. The number of benzene rings is 2. The SMILES string of the molecule is CCNC(=S)N[NH+]=Cc1cccc(OCc2ccc(Br)cc2)c1. The molecular weight excluding hydrogens is 374 g/mol. The summed E-state index contributed by atoms with van der Waals surface area (Å²) in [4.78, 5) is 0. The zero-order valence-electron chi connectivity index (χ0n) is 12.8. The topological polar surface area (TPSA) is 47.3 Å². The maximum Gasteiger partial charge on any atom is 0.223 e. The first kappa shape index (κ1) is 17.4. The van der Waals surface area contributed by atoms with Gasteiger partial charge in [0.05, 0.1) is 0 Å². The number of hydrogen-bond acceptors (Lipinski definition) is 2. The third-order valence-corrected chi connectivity index (χ3v) is 3.71. The van der Waals surface area contributed by atoms with Crippen LogP contribution in [0.25, 0.3) is 0 Å². The van der Waals surface area contributed by atoms with Crippen molar-refractivity contribution in [1.29, 1.82) is 0 Å². The Morgan fingerprint density at radius 2 is 2.04 bits per heavy atom. The van der Waals surface area contributed by atoms with Crippen molar-refractivity contribution in [2.75, 3.05) is 6.54 Å². The molecule has 0 aromatic heterocycles. The molecule has 120 valence electrons. The van der Waals surface area contributed by atoms with Gasteiger partial charge in [0.25, 0.3) is 0 Å². The lowest BCUT2D eigenvalue weighted by atomic mass is 10.2. The number of thiocarbonyl (C=S) groups is 1. The standard InChI is InChI=1S/C17H18BrN3OS/c1-2-19-17(23)21-20-11-14-4-3-5-16(10-14)22-12-13-6-8-15(18)9-7-13/h3-11H,2,12H2,1H3,(H2,19,21,23)/p+1. The predicted octanol–water partition coefficient (Wildman–Crippen LogP) is 1.93. The zero-order valence-corrected chi connectivity index (χ0v) is 15.2. The summed E-state index contributed by atoms with van der Waals surface area (Å²) in [5.41, 5.74) is 5.00. The summed E-state index contributed by atoms with van der Waals surface area (Å²) in [7, 11) is 0. The van der Waals surface area contributed by atoms with E-state index in [0.717, 1.165) is 27.9 Å². The Morgan fingerprint density at radius 3 is 2.78 bits per heavy atom. The van der Waals surface area contributed by atoms with Gasteiger partial charge in [-0.2, -0.15) is 0 Å². The third-order valence-electron chi connectivity index (χ3n) is 2.94. The van der Waals surface area contributed by atoms with Crippen molar-refractivity contribution in [2.24, 2.45) is 0 Å². The smallest absolute Gasteiger partial charge is 0.223 e. The van der Waals surface area contributed by atoms with Crippen LogP contribution in [0.3, 0.4) is 0 Å². The highest BCUT2D eigenvalue weighted by Crippen LogP contribution is 2.15. The van der Waals surface area contributed by atoms with Crippen LogP contribution < -0.4 is 20.6 Å². The Balaban J connectivity index is 1.90. The quantitative estimate of drug-likeness (QED) is 0.399. The Kier molecular flexibility index (Phi) is 7.03. The molecule has 0 radical (unpaired) electrons. The number of halogens is 1. The maximum atomic E-state index is 5.82. The van der Waals surface area contributed by atoms with Gasteiger partial charge in [-0.1, -0.05) is 34.1 Å². The van der Waals surface area contributed by atoms with Gasteiger partial charge in [-0.3, -0.25) is 0 Å². The van der Waals surface area contributed by atoms with Crippen molar-refractivity contribution in [1.82, 2.24) is 10.7 Å². The normalized spacial score (nSPS) is 10.5. The molecule has 23 heavy (non-hydrogen) atoms. The van der Waals surface area contributed by atoms with E-state index in [-0.39, 0.29) is 0 Å². The average molecular weight is 393 g/mol. The van der Waals surface area contributed by atoms with Crippen molar-refractivity contribution in [3.63, 3.8) is 0 Å². The monoisotopic (exact) mass is 392 g/mol. The van der Waals surface area contributed by atoms with E-state index in [4.69, 9.17) is 17.0 Å². The van der Waals surface area contributed by atoms with Crippen LogP contribution in [0.2, 0.25) is 0 Å². The summed E-state index contributed by atoms with van der Waals surface area (Å²) in [6, 6.07) is 15.9. The molecule has 0 amide bonds. The Bertz CT molecular complexity index is 674. The molecule has 0 spiro atoms. The fourth-order valence-corrected chi connectivity index (χ4v) is 2.30. The third kappa shape index (κ3) is 6.38. The summed E-state index contributed by atoms with van der Waals surface area (Å²) < 4.78 is 6.88. The second-order valence-corrected chi connectivity index (χ2v) is 6.08. The minimum absolute atomic E-state index is 0.535. The molecule has 0 heterocycles. The van der Waals surface area contributed by atoms with Crippen molar-refractivity contribution < 1.29 is 9.84 Å². The minimum atomic E-state index is 0.535. The molecule has 0 saturated heterocycles. The minimum Gasteiger partial charge on any atom is -0.489 e. The highest BCUT2D eigenvalue weighted by Gasteiger charge is 1.99. The summed E-state index contributed by atoms with van der Waals surface area (Å²) in [6.07, 6.45) is 1.83. The van der Waals surface area contributed by atoms with E-state index in [0.29, 0.717) is 11.7 Å². The van der Waals surface area contributed by atoms with Crippen LogP contribution in [0.5, 0.6) is 5.75 Å². The Hall–Kier alpha value is -1.92. The molecule has 2 aromatic carbocycles. The lowest BCUT2D eigenvalue weighted by molar-refractivity contribution is -0.500. The number of rotatable bonds is 6. The van der Waals surface area contributed by atoms with Gasteiger partial charge >= 0.3 is 0 Å². The molecule has 0 fully saturated rings. The van der Waals surface area contributed by atoms with Crippen LogP contribution in [0.15, 0.2) is 53.0 Å². The summed E-state index contributed by atoms with van der Waals surface area (Å²) >= 11 is 8.49. The van der Waals surface area contributed by atoms with Gasteiger partial charge in [0.15, 0.2) is 6.21 Å². The van der Waals surface area contributed by atoms with Gasteiger partial charge in [-0.25, -0.2) is 0 Å². The van der Waals surface area contributed by atoms with Crippen LogP contribution in [-0.2, 0) is 6.61 Å². The van der Waals surface area contributed by atoms with Crippen LogP contribution >= 0.6 is 28.1 Å². The Morgan fingerprint density at radius 1 is 1.26 bits per heavy atom. The second-order valence-electron chi connectivity index (χ2n) is 4.76. The molecule has 0 aliphatic heterocycles. The molecule has 0 saturated carbocycles. The molecule has 0 aliphatic carbocycles. The van der Waals surface area contributed by atoms with Crippen LogP contribution in [0, 0.1) is 0 Å². The van der Waals surface area contributed by atoms with Gasteiger partial charge in [0.2, 0.25) is 5.11 Å². The first-order chi connectivity index (χ1) is 11.2. The second kappa shape index (κ2) is 9.27. The van der Waals surface area contributed by atoms with Gasteiger partial charge < -0.3 is 10.1 Å². The number of hydrazone groups is 1. The number of ether oxygens (including phenoxy) is 1. The molecule has 3 N–H and O–H groups in total. The van der Waals surface area contributed by atoms with E-state index in [1.54, 1.807) is 0 Å². The highest BCUT2D eigenvalue weighted by atomic mass is 79.9. The number of nitrogens with one attached hydrogen (secondary N) is 3. The fraction of sp³-hybridized carbons (Fsp3) is 0.176. The van der Waals surface area contributed by atoms with Gasteiger partial charge in [-0.15, -0.1) is 10.5 Å². The van der Waals surface area contributed by atoms with E-state index in [2.05, 4.69) is 31.8 Å². The van der Waals surface area contributed by atoms with E-state index >= 15 is 0 Å². The van der Waals surface area contributed by atoms with Crippen molar-refractivity contribution >= 4 is 39.5 Å². The van der Waals surface area contributed by atoms with Gasteiger partial charge in [0, 0.05) is 16.6 Å². The Labute approximate surface area is 150 Å². The lowest BCUT2D eigenvalue weighted by Crippen LogP contribution is -2.82. The van der Waals surface area contributed by atoms with Crippen molar-refractivity contribution in [3.05, 3.63) is 64.1 Å². The number of hydrogen-bond donors (Lipinski definition) is 3. The van der Waals surface area contributed by atoms with E-state index in [1.165, 1.54) is 0 Å². The zero-order chi connectivity index (χ0) is 16.5. The average Bonchev–Trinajstić information content (AvgIpc) is 2.55. The van der Waals surface area contributed by atoms with Gasteiger partial charge in [0.1, 0.15) is 12.4 Å². The first-order valence-corrected chi connectivity index (χ1v) is 8.47. The predicted molar refractivity (Wildman–Crippen MR) is 100 cm³/mol. The summed E-state index contributed by atoms with van der Waals surface area (Å²) in [6.45, 7) is 3.31.